The van der Waals surface area contributed by atoms with Gasteiger partial charge >= 0.3 is 11.9 Å². The second-order valence-corrected chi connectivity index (χ2v) is 7.20. The van der Waals surface area contributed by atoms with Gasteiger partial charge in [-0.2, -0.15) is 0 Å². The number of nitrogens with zero attached hydrogens (tertiary/aromatic N) is 2. The Morgan fingerprint density at radius 2 is 1.81 bits per heavy atom. The third kappa shape index (κ3) is 6.97. The van der Waals surface area contributed by atoms with Gasteiger partial charge in [-0.25, -0.2) is 9.59 Å². The van der Waals surface area contributed by atoms with Crippen molar-refractivity contribution in [2.24, 2.45) is 16.5 Å². The van der Waals surface area contributed by atoms with Gasteiger partial charge in [0.2, 0.25) is 5.91 Å². The third-order valence-corrected chi connectivity index (χ3v) is 4.15. The van der Waals surface area contributed by atoms with Gasteiger partial charge in [0.15, 0.2) is 11.5 Å². The number of guanidine groups is 1. The van der Waals surface area contributed by atoms with Crippen molar-refractivity contribution in [2.75, 3.05) is 11.9 Å². The minimum Gasteiger partial charge on any atom is -0.419 e. The molecule has 6 N–H and O–H groups in total. The molecule has 1 atom stereocenters. The van der Waals surface area contributed by atoms with Gasteiger partial charge in [-0.1, -0.05) is 0 Å². The number of carbonyl (C=O) groups is 3. The lowest BCUT2D eigenvalue weighted by Gasteiger charge is -2.30. The van der Waals surface area contributed by atoms with Gasteiger partial charge < -0.3 is 31.6 Å². The Bertz CT molecular complexity index is 929. The normalized spacial score (nSPS) is 15.6. The highest BCUT2D eigenvalue weighted by atomic mass is 16.7. The molecule has 0 unspecified atom stereocenters. The van der Waals surface area contributed by atoms with E-state index in [2.05, 4.69) is 15.6 Å². The Labute approximate surface area is 183 Å². The van der Waals surface area contributed by atoms with Gasteiger partial charge in [-0.15, -0.1) is 0 Å². The first-order valence-electron chi connectivity index (χ1n) is 9.52. The summed E-state index contributed by atoms with van der Waals surface area (Å²) >= 11 is 0. The minimum absolute atomic E-state index is 0.0951. The summed E-state index contributed by atoms with van der Waals surface area (Å²) in [5.41, 5.74) is 10.4. The number of hydrogen-bond donors (Lipinski definition) is 4. The number of cyclic esters (lactones) is 2. The fourth-order valence-corrected chi connectivity index (χ4v) is 2.65. The summed E-state index contributed by atoms with van der Waals surface area (Å²) < 4.78 is 10.0. The molecule has 1 heterocycles. The van der Waals surface area contributed by atoms with E-state index in [1.807, 2.05) is 0 Å². The van der Waals surface area contributed by atoms with Gasteiger partial charge in [-0.05, 0) is 25.0 Å². The maximum Gasteiger partial charge on any atom is 0.350 e. The van der Waals surface area contributed by atoms with Crippen molar-refractivity contribution < 1.29 is 28.8 Å². The molecule has 2 rings (SSSR count). The Kier molecular flexibility index (Phi) is 7.71. The zero-order valence-corrected chi connectivity index (χ0v) is 17.5. The lowest BCUT2D eigenvalue weighted by molar-refractivity contribution is -0.384. The summed E-state index contributed by atoms with van der Waals surface area (Å²) in [4.78, 5) is 51.0. The number of ether oxygens (including phenoxy) is 2. The fourth-order valence-electron chi connectivity index (χ4n) is 2.65. The van der Waals surface area contributed by atoms with Crippen molar-refractivity contribution in [3.05, 3.63) is 46.2 Å². The van der Waals surface area contributed by atoms with Crippen LogP contribution in [0.5, 0.6) is 0 Å². The Morgan fingerprint density at radius 1 is 1.22 bits per heavy atom. The largest absolute Gasteiger partial charge is 0.419 e. The number of hydrogen-bond acceptors (Lipinski definition) is 9. The highest BCUT2D eigenvalue weighted by molar-refractivity contribution is 6.15. The van der Waals surface area contributed by atoms with E-state index in [9.17, 15) is 24.5 Å². The standard InChI is InChI=1S/C19H24N6O7/c1-19(2)31-16(27)13(17(28)32-19)10-23-14(4-3-9-22-18(20)21)15(26)24-11-5-7-12(8-6-11)25(29)30/h5-8,10,14,23H,3-4,9H2,1-2H3,(H,24,26)(H4,20,21,22)/t14-/m0/s1. The molecular formula is C19H24N6O7. The SMILES string of the molecule is CC1(C)OC(=O)C(=CN[C@@H](CCCN=C(N)N)C(=O)Nc2ccc([N+](=O)[O-])cc2)C(=O)O1. The summed E-state index contributed by atoms with van der Waals surface area (Å²) in [5.74, 6) is -3.79. The van der Waals surface area contributed by atoms with E-state index < -0.39 is 40.2 Å². The van der Waals surface area contributed by atoms with Crippen molar-refractivity contribution in [1.29, 1.82) is 0 Å². The average Bonchev–Trinajstić information content (AvgIpc) is 2.68. The molecule has 32 heavy (non-hydrogen) atoms. The van der Waals surface area contributed by atoms with Crippen molar-refractivity contribution in [2.45, 2.75) is 38.5 Å². The second-order valence-electron chi connectivity index (χ2n) is 7.20. The molecule has 0 saturated carbocycles. The molecule has 1 aromatic rings. The number of nitro benzene ring substituents is 1. The molecule has 1 saturated heterocycles. The van der Waals surface area contributed by atoms with Gasteiger partial charge in [0.1, 0.15) is 6.04 Å². The fraction of sp³-hybridized carbons (Fsp3) is 0.368. The smallest absolute Gasteiger partial charge is 0.350 e. The van der Waals surface area contributed by atoms with Crippen LogP contribution < -0.4 is 22.1 Å². The van der Waals surface area contributed by atoms with Crippen LogP contribution in [-0.4, -0.2) is 47.1 Å². The predicted octanol–water partition coefficient (Wildman–Crippen LogP) is 0.265. The number of carbonyl (C=O) groups excluding carboxylic acids is 3. The van der Waals surface area contributed by atoms with E-state index >= 15 is 0 Å². The third-order valence-electron chi connectivity index (χ3n) is 4.15. The van der Waals surface area contributed by atoms with E-state index in [1.54, 1.807) is 0 Å². The van der Waals surface area contributed by atoms with E-state index in [0.717, 1.165) is 6.20 Å². The quantitative estimate of drug-likeness (QED) is 0.0593. The zero-order valence-electron chi connectivity index (χ0n) is 17.5. The maximum atomic E-state index is 12.7. The number of nitrogens with two attached hydrogens (primary N) is 2. The van der Waals surface area contributed by atoms with Gasteiger partial charge in [0.25, 0.3) is 11.5 Å². The molecule has 1 amide bonds. The molecule has 1 aliphatic rings. The molecule has 0 spiro atoms. The van der Waals surface area contributed by atoms with Crippen LogP contribution in [0.1, 0.15) is 26.7 Å². The second kappa shape index (κ2) is 10.2. The Balaban J connectivity index is 2.13. The van der Waals surface area contributed by atoms with Crippen molar-refractivity contribution in [1.82, 2.24) is 5.32 Å². The molecule has 0 radical (unpaired) electrons. The topological polar surface area (TPSA) is 201 Å². The van der Waals surface area contributed by atoms with Crippen LogP contribution in [0, 0.1) is 10.1 Å². The van der Waals surface area contributed by atoms with E-state index in [0.29, 0.717) is 12.1 Å². The van der Waals surface area contributed by atoms with Crippen LogP contribution in [0.4, 0.5) is 11.4 Å². The van der Waals surface area contributed by atoms with Gasteiger partial charge in [0, 0.05) is 44.4 Å². The summed E-state index contributed by atoms with van der Waals surface area (Å²) in [5, 5.41) is 16.1. The number of esters is 2. The summed E-state index contributed by atoms with van der Waals surface area (Å²) in [7, 11) is 0. The number of amides is 1. The first kappa shape index (κ1) is 24.1. The van der Waals surface area contributed by atoms with E-state index in [4.69, 9.17) is 20.9 Å². The summed E-state index contributed by atoms with van der Waals surface area (Å²) in [6, 6.07) is 4.34. The molecule has 172 valence electrons. The van der Waals surface area contributed by atoms with Crippen LogP contribution in [0.25, 0.3) is 0 Å². The van der Waals surface area contributed by atoms with Crippen molar-refractivity contribution in [3.63, 3.8) is 0 Å². The molecule has 13 nitrogen and oxygen atoms in total. The monoisotopic (exact) mass is 448 g/mol. The first-order chi connectivity index (χ1) is 15.0. The first-order valence-corrected chi connectivity index (χ1v) is 9.52. The average molecular weight is 448 g/mol. The maximum absolute atomic E-state index is 12.7. The number of nitro groups is 1. The summed E-state index contributed by atoms with van der Waals surface area (Å²) in [6.07, 6.45) is 1.68. The minimum atomic E-state index is -1.39. The van der Waals surface area contributed by atoms with E-state index in [-0.39, 0.29) is 24.6 Å². The Hall–Kier alpha value is -4.16. The molecule has 13 heteroatoms. The van der Waals surface area contributed by atoms with Gasteiger partial charge in [0.05, 0.1) is 4.92 Å². The number of nitrogens with one attached hydrogen (secondary N) is 2. The predicted molar refractivity (Wildman–Crippen MR) is 113 cm³/mol. The van der Waals surface area contributed by atoms with Gasteiger partial charge in [-0.3, -0.25) is 19.9 Å². The van der Waals surface area contributed by atoms with Crippen molar-refractivity contribution in [3.8, 4) is 0 Å². The van der Waals surface area contributed by atoms with Crippen LogP contribution in [0.2, 0.25) is 0 Å². The number of benzene rings is 1. The van der Waals surface area contributed by atoms with Crippen LogP contribution in [-0.2, 0) is 23.9 Å². The summed E-state index contributed by atoms with van der Waals surface area (Å²) in [6.45, 7) is 3.08. The molecule has 0 aliphatic carbocycles. The van der Waals surface area contributed by atoms with Crippen molar-refractivity contribution >= 4 is 35.2 Å². The molecule has 1 aromatic carbocycles. The van der Waals surface area contributed by atoms with Crippen LogP contribution in [0.15, 0.2) is 41.0 Å². The molecule has 0 bridgehead atoms. The number of anilines is 1. The van der Waals surface area contributed by atoms with E-state index in [1.165, 1.54) is 38.1 Å². The van der Waals surface area contributed by atoms with Crippen LogP contribution in [0.3, 0.4) is 0 Å². The molecule has 1 aliphatic heterocycles. The molecule has 1 fully saturated rings. The number of non-ortho nitro benzene ring substituents is 1. The van der Waals surface area contributed by atoms with Crippen LogP contribution >= 0.6 is 0 Å². The highest BCUT2D eigenvalue weighted by Gasteiger charge is 2.39. The number of aliphatic imine (C=N–C) groups is 1. The molecule has 0 aromatic heterocycles. The number of rotatable bonds is 9. The Morgan fingerprint density at radius 3 is 2.34 bits per heavy atom. The molecular weight excluding hydrogens is 424 g/mol. The highest BCUT2D eigenvalue weighted by Crippen LogP contribution is 2.22. The lowest BCUT2D eigenvalue weighted by atomic mass is 10.1. The zero-order chi connectivity index (χ0) is 23.9. The lowest BCUT2D eigenvalue weighted by Crippen LogP contribution is -2.43.